The van der Waals surface area contributed by atoms with Gasteiger partial charge in [-0.1, -0.05) is 49.7 Å². The first-order valence-electron chi connectivity index (χ1n) is 10.9. The Morgan fingerprint density at radius 1 is 1.13 bits per heavy atom. The zero-order chi connectivity index (χ0) is 21.5. The van der Waals surface area contributed by atoms with Gasteiger partial charge >= 0.3 is 5.97 Å². The van der Waals surface area contributed by atoms with Crippen LogP contribution >= 0.6 is 0 Å². The van der Waals surface area contributed by atoms with Gasteiger partial charge < -0.3 is 20.3 Å². The minimum atomic E-state index is -0.893. The van der Waals surface area contributed by atoms with Crippen LogP contribution in [0.15, 0.2) is 48.5 Å². The number of esters is 1. The van der Waals surface area contributed by atoms with Crippen molar-refractivity contribution in [3.8, 4) is 5.75 Å². The van der Waals surface area contributed by atoms with E-state index in [1.807, 2.05) is 25.1 Å². The number of methoxy groups -OCH3 is 1. The average Bonchev–Trinajstić information content (AvgIpc) is 2.79. The monoisotopic (exact) mass is 411 g/mol. The van der Waals surface area contributed by atoms with Gasteiger partial charge in [0, 0.05) is 6.04 Å². The van der Waals surface area contributed by atoms with Crippen molar-refractivity contribution in [3.05, 3.63) is 65.2 Å². The number of hydrogen-bond acceptors (Lipinski definition) is 5. The Morgan fingerprint density at radius 3 is 2.50 bits per heavy atom. The topological polar surface area (TPSA) is 81.8 Å². The Bertz CT molecular complexity index is 817. The molecule has 0 saturated heterocycles. The lowest BCUT2D eigenvalue weighted by atomic mass is 9.88. The van der Waals surface area contributed by atoms with Crippen molar-refractivity contribution in [1.82, 2.24) is 0 Å². The molecule has 1 saturated carbocycles. The molecule has 3 N–H and O–H groups in total. The molecular formula is C25H33NO4. The highest BCUT2D eigenvalue weighted by Crippen LogP contribution is 2.31. The lowest BCUT2D eigenvalue weighted by Gasteiger charge is -2.27. The van der Waals surface area contributed by atoms with Crippen LogP contribution in [0.2, 0.25) is 0 Å². The summed E-state index contributed by atoms with van der Waals surface area (Å²) in [6.45, 7) is 2.03. The number of ether oxygens (including phenoxy) is 2. The summed E-state index contributed by atoms with van der Waals surface area (Å²) in [6.07, 6.45) is 5.49. The van der Waals surface area contributed by atoms with E-state index in [1.165, 1.54) is 19.1 Å². The van der Waals surface area contributed by atoms with Crippen LogP contribution in [0, 0.1) is 5.92 Å². The van der Waals surface area contributed by atoms with Crippen molar-refractivity contribution in [1.29, 1.82) is 0 Å². The molecule has 5 heteroatoms. The predicted octanol–water partition coefficient (Wildman–Crippen LogP) is 4.42. The first-order chi connectivity index (χ1) is 14.5. The first-order valence-corrected chi connectivity index (χ1v) is 10.9. The summed E-state index contributed by atoms with van der Waals surface area (Å²) in [7, 11) is 1.35. The minimum Gasteiger partial charge on any atom is -0.490 e. The highest BCUT2D eigenvalue weighted by Gasteiger charge is 2.26. The van der Waals surface area contributed by atoms with Crippen molar-refractivity contribution >= 4 is 5.97 Å². The smallest absolute Gasteiger partial charge is 0.341 e. The number of carbonyl (C=O) groups is 1. The molecule has 0 aromatic heterocycles. The molecule has 0 bridgehead atoms. The number of aliphatic hydroxyl groups is 1. The molecule has 0 spiro atoms. The Morgan fingerprint density at radius 2 is 1.83 bits per heavy atom. The molecule has 2 aromatic carbocycles. The maximum absolute atomic E-state index is 12.4. The number of nitrogens with two attached hydrogens (primary N) is 1. The number of aliphatic hydroxyl groups excluding tert-OH is 1. The van der Waals surface area contributed by atoms with E-state index in [2.05, 4.69) is 12.1 Å². The summed E-state index contributed by atoms with van der Waals surface area (Å²) in [5, 5.41) is 10.9. The largest absolute Gasteiger partial charge is 0.490 e. The third-order valence-electron chi connectivity index (χ3n) is 6.02. The fourth-order valence-corrected chi connectivity index (χ4v) is 4.12. The van der Waals surface area contributed by atoms with Gasteiger partial charge in [-0.05, 0) is 61.3 Å². The summed E-state index contributed by atoms with van der Waals surface area (Å²) in [6, 6.07) is 14.8. The molecule has 0 radical (unpaired) electrons. The normalized spacial score (nSPS) is 17.7. The summed E-state index contributed by atoms with van der Waals surface area (Å²) in [4.78, 5) is 12.4. The first kappa shape index (κ1) is 22.3. The fourth-order valence-electron chi connectivity index (χ4n) is 4.12. The van der Waals surface area contributed by atoms with Gasteiger partial charge in [0.2, 0.25) is 0 Å². The van der Waals surface area contributed by atoms with Gasteiger partial charge in [-0.2, -0.15) is 0 Å². The molecule has 162 valence electrons. The van der Waals surface area contributed by atoms with Crippen LogP contribution in [-0.2, 0) is 11.2 Å². The van der Waals surface area contributed by atoms with Crippen molar-refractivity contribution in [2.45, 2.75) is 63.7 Å². The van der Waals surface area contributed by atoms with Crippen molar-refractivity contribution in [2.24, 2.45) is 11.7 Å². The van der Waals surface area contributed by atoms with Gasteiger partial charge in [-0.15, -0.1) is 0 Å². The standard InChI is InChI=1S/C25H33NO4/c1-17(15-18-9-5-3-6-10-18)23(26)24(27)19-13-14-22(21(16-19)25(28)29-2)30-20-11-7-4-8-12-20/h3,5-6,9-10,13-14,16-17,20,23-24,27H,4,7-8,11-12,15,26H2,1-2H3/t17?,23-,24-/m1/s1. The van der Waals surface area contributed by atoms with Gasteiger partial charge in [-0.3, -0.25) is 0 Å². The molecule has 0 aliphatic heterocycles. The molecule has 2 aromatic rings. The Labute approximate surface area is 179 Å². The van der Waals surface area contributed by atoms with Crippen LogP contribution in [0.5, 0.6) is 5.75 Å². The maximum atomic E-state index is 12.4. The van der Waals surface area contributed by atoms with Gasteiger partial charge in [0.15, 0.2) is 0 Å². The third-order valence-corrected chi connectivity index (χ3v) is 6.02. The molecule has 0 amide bonds. The Hall–Kier alpha value is -2.37. The third kappa shape index (κ3) is 5.61. The fraction of sp³-hybridized carbons (Fsp3) is 0.480. The quantitative estimate of drug-likeness (QED) is 0.628. The van der Waals surface area contributed by atoms with E-state index in [0.717, 1.165) is 32.1 Å². The number of rotatable bonds is 8. The molecule has 1 fully saturated rings. The van der Waals surface area contributed by atoms with Crippen LogP contribution in [0.3, 0.4) is 0 Å². The van der Waals surface area contributed by atoms with Gasteiger partial charge in [0.05, 0.1) is 19.3 Å². The molecule has 30 heavy (non-hydrogen) atoms. The molecule has 0 heterocycles. The number of carbonyl (C=O) groups excluding carboxylic acids is 1. The molecule has 1 unspecified atom stereocenters. The maximum Gasteiger partial charge on any atom is 0.341 e. The van der Waals surface area contributed by atoms with E-state index in [0.29, 0.717) is 16.9 Å². The molecular weight excluding hydrogens is 378 g/mol. The van der Waals surface area contributed by atoms with Crippen LogP contribution in [0.1, 0.15) is 66.6 Å². The zero-order valence-electron chi connectivity index (χ0n) is 17.9. The Kier molecular flexibility index (Phi) is 7.88. The number of hydrogen-bond donors (Lipinski definition) is 2. The van der Waals surface area contributed by atoms with Crippen LogP contribution in [0.25, 0.3) is 0 Å². The Balaban J connectivity index is 1.75. The lowest BCUT2D eigenvalue weighted by molar-refractivity contribution is 0.0589. The molecule has 1 aliphatic carbocycles. The second kappa shape index (κ2) is 10.6. The van der Waals surface area contributed by atoms with Gasteiger partial charge in [-0.25, -0.2) is 4.79 Å². The van der Waals surface area contributed by atoms with Crippen molar-refractivity contribution in [3.63, 3.8) is 0 Å². The molecule has 3 rings (SSSR count). The molecule has 3 atom stereocenters. The van der Waals surface area contributed by atoms with E-state index in [9.17, 15) is 9.90 Å². The van der Waals surface area contributed by atoms with Crippen molar-refractivity contribution in [2.75, 3.05) is 7.11 Å². The van der Waals surface area contributed by atoms with Crippen molar-refractivity contribution < 1.29 is 19.4 Å². The highest BCUT2D eigenvalue weighted by molar-refractivity contribution is 5.92. The summed E-state index contributed by atoms with van der Waals surface area (Å²) in [5.41, 5.74) is 8.50. The molecule has 5 nitrogen and oxygen atoms in total. The highest BCUT2D eigenvalue weighted by atomic mass is 16.5. The summed E-state index contributed by atoms with van der Waals surface area (Å²) < 4.78 is 11.1. The van der Waals surface area contributed by atoms with Gasteiger partial charge in [0.25, 0.3) is 0 Å². The van der Waals surface area contributed by atoms with E-state index >= 15 is 0 Å². The zero-order valence-corrected chi connectivity index (χ0v) is 17.9. The van der Waals surface area contributed by atoms with E-state index in [1.54, 1.807) is 18.2 Å². The van der Waals surface area contributed by atoms with Crippen LogP contribution < -0.4 is 10.5 Å². The van der Waals surface area contributed by atoms with E-state index < -0.39 is 18.1 Å². The second-order valence-corrected chi connectivity index (χ2v) is 8.31. The second-order valence-electron chi connectivity index (χ2n) is 8.31. The van der Waals surface area contributed by atoms with E-state index in [-0.39, 0.29) is 12.0 Å². The van der Waals surface area contributed by atoms with E-state index in [4.69, 9.17) is 15.2 Å². The molecule has 1 aliphatic rings. The lowest BCUT2D eigenvalue weighted by Crippen LogP contribution is -2.36. The van der Waals surface area contributed by atoms with Gasteiger partial charge in [0.1, 0.15) is 11.3 Å². The van der Waals surface area contributed by atoms with Crippen LogP contribution in [-0.4, -0.2) is 30.3 Å². The number of benzene rings is 2. The average molecular weight is 412 g/mol. The van der Waals surface area contributed by atoms with Crippen LogP contribution in [0.4, 0.5) is 0 Å². The SMILES string of the molecule is COC(=O)c1cc([C@@H](O)[C@H](N)C(C)Cc2ccccc2)ccc1OC1CCCCC1. The minimum absolute atomic E-state index is 0.0575. The summed E-state index contributed by atoms with van der Waals surface area (Å²) >= 11 is 0. The predicted molar refractivity (Wildman–Crippen MR) is 118 cm³/mol. The summed E-state index contributed by atoms with van der Waals surface area (Å²) in [5.74, 6) is 0.0958.